The van der Waals surface area contributed by atoms with E-state index in [0.717, 1.165) is 54.3 Å². The van der Waals surface area contributed by atoms with E-state index in [1.165, 1.54) is 24.8 Å². The number of nitrogens with one attached hydrogen (secondary N) is 1. The minimum Gasteiger partial charge on any atom is -0.356 e. The molecule has 1 N–H and O–H groups in total. The summed E-state index contributed by atoms with van der Waals surface area (Å²) in [6.45, 7) is 6.92. The predicted molar refractivity (Wildman–Crippen MR) is 123 cm³/mol. The number of fused-ring (bicyclic) bond motifs is 1. The maximum Gasteiger partial charge on any atom is 0.220 e. The lowest BCUT2D eigenvalue weighted by Crippen LogP contribution is -2.26. The molecule has 1 saturated heterocycles. The fourth-order valence-electron chi connectivity index (χ4n) is 4.85. The van der Waals surface area contributed by atoms with E-state index in [1.54, 1.807) is 0 Å². The summed E-state index contributed by atoms with van der Waals surface area (Å²) >= 11 is 0. The number of hydrogen-bond acceptors (Lipinski definition) is 5. The highest BCUT2D eigenvalue weighted by atomic mass is 16.1. The molecule has 32 heavy (non-hydrogen) atoms. The number of nitrogens with zero attached hydrogens (tertiary/aromatic N) is 5. The van der Waals surface area contributed by atoms with Crippen molar-refractivity contribution in [2.45, 2.75) is 65.0 Å². The van der Waals surface area contributed by atoms with Gasteiger partial charge in [0.1, 0.15) is 0 Å². The Labute approximate surface area is 189 Å². The molecule has 0 bridgehead atoms. The van der Waals surface area contributed by atoms with Crippen LogP contribution in [0.4, 0.5) is 0 Å². The van der Waals surface area contributed by atoms with Gasteiger partial charge in [-0.05, 0) is 75.6 Å². The largest absolute Gasteiger partial charge is 0.356 e. The lowest BCUT2D eigenvalue weighted by atomic mass is 10.1. The van der Waals surface area contributed by atoms with Gasteiger partial charge in [0, 0.05) is 49.4 Å². The molecule has 0 spiro atoms. The highest BCUT2D eigenvalue weighted by Crippen LogP contribution is 2.33. The third-order valence-corrected chi connectivity index (χ3v) is 6.88. The molecule has 2 aliphatic rings. The van der Waals surface area contributed by atoms with Crippen molar-refractivity contribution in [3.63, 3.8) is 0 Å². The third kappa shape index (κ3) is 4.53. The Hall–Kier alpha value is -2.80. The van der Waals surface area contributed by atoms with Gasteiger partial charge in [-0.2, -0.15) is 5.10 Å². The molecule has 7 nitrogen and oxygen atoms in total. The van der Waals surface area contributed by atoms with Crippen LogP contribution in [-0.4, -0.2) is 43.5 Å². The maximum atomic E-state index is 12.2. The standard InChI is InChI=1S/C25H32N6O/c1-17-21(9-10-25(32)27-15-19-7-8-19)18(2)31-24(28-17)13-22(29-31)23-6-4-12-30(23)16-20-5-3-11-26-14-20/h3,5,11,13-14,19,23H,4,6-10,12,15-16H2,1-2H3,(H,27,32)/t23-/m0/s1. The van der Waals surface area contributed by atoms with Crippen molar-refractivity contribution in [2.75, 3.05) is 13.1 Å². The molecule has 1 aliphatic carbocycles. The fourth-order valence-corrected chi connectivity index (χ4v) is 4.85. The van der Waals surface area contributed by atoms with Crippen LogP contribution >= 0.6 is 0 Å². The number of hydrogen-bond donors (Lipinski definition) is 1. The molecular weight excluding hydrogens is 400 g/mol. The maximum absolute atomic E-state index is 12.2. The van der Waals surface area contributed by atoms with Crippen LogP contribution in [0.25, 0.3) is 5.65 Å². The average molecular weight is 433 g/mol. The summed E-state index contributed by atoms with van der Waals surface area (Å²) in [5.41, 5.74) is 6.43. The summed E-state index contributed by atoms with van der Waals surface area (Å²) in [6, 6.07) is 6.56. The second-order valence-electron chi connectivity index (χ2n) is 9.34. The lowest BCUT2D eigenvalue weighted by Gasteiger charge is -2.22. The van der Waals surface area contributed by atoms with Crippen molar-refractivity contribution in [2.24, 2.45) is 5.92 Å². The number of likely N-dealkylation sites (tertiary alicyclic amines) is 1. The third-order valence-electron chi connectivity index (χ3n) is 6.88. The number of aryl methyl sites for hydroxylation is 2. The summed E-state index contributed by atoms with van der Waals surface area (Å²) < 4.78 is 1.97. The zero-order valence-electron chi connectivity index (χ0n) is 19.0. The first-order valence-corrected chi connectivity index (χ1v) is 11.8. The molecule has 5 rings (SSSR count). The second kappa shape index (κ2) is 8.98. The van der Waals surface area contributed by atoms with Crippen LogP contribution in [0.15, 0.2) is 30.6 Å². The molecule has 7 heteroatoms. The average Bonchev–Trinajstić information content (AvgIpc) is 3.35. The topological polar surface area (TPSA) is 75.4 Å². The molecule has 2 fully saturated rings. The molecule has 4 heterocycles. The first-order chi connectivity index (χ1) is 15.6. The highest BCUT2D eigenvalue weighted by Gasteiger charge is 2.29. The number of pyridine rings is 1. The number of carbonyl (C=O) groups excluding carboxylic acids is 1. The van der Waals surface area contributed by atoms with Crippen molar-refractivity contribution in [1.29, 1.82) is 0 Å². The van der Waals surface area contributed by atoms with Crippen LogP contribution in [0.2, 0.25) is 0 Å². The van der Waals surface area contributed by atoms with E-state index in [9.17, 15) is 4.79 Å². The van der Waals surface area contributed by atoms with Gasteiger partial charge < -0.3 is 5.32 Å². The first-order valence-electron chi connectivity index (χ1n) is 11.8. The molecule has 3 aromatic heterocycles. The van der Waals surface area contributed by atoms with E-state index >= 15 is 0 Å². The van der Waals surface area contributed by atoms with Crippen LogP contribution in [0.5, 0.6) is 0 Å². The first kappa shape index (κ1) is 21.1. The predicted octanol–water partition coefficient (Wildman–Crippen LogP) is 3.54. The van der Waals surface area contributed by atoms with Crippen LogP contribution in [0.3, 0.4) is 0 Å². The Morgan fingerprint density at radius 3 is 2.91 bits per heavy atom. The van der Waals surface area contributed by atoms with Gasteiger partial charge in [0.15, 0.2) is 5.65 Å². The SMILES string of the molecule is Cc1nc2cc([C@@H]3CCCN3Cc3cccnc3)nn2c(C)c1CCC(=O)NCC1CC1. The Bertz CT molecular complexity index is 1100. The number of rotatable bonds is 8. The second-order valence-corrected chi connectivity index (χ2v) is 9.34. The number of amides is 1. The Morgan fingerprint density at radius 2 is 2.12 bits per heavy atom. The van der Waals surface area contributed by atoms with Crippen molar-refractivity contribution >= 4 is 11.6 Å². The van der Waals surface area contributed by atoms with Crippen molar-refractivity contribution in [3.05, 3.63) is 58.8 Å². The summed E-state index contributed by atoms with van der Waals surface area (Å²) in [4.78, 5) is 23.8. The van der Waals surface area contributed by atoms with E-state index in [0.29, 0.717) is 24.8 Å². The summed E-state index contributed by atoms with van der Waals surface area (Å²) in [5, 5.41) is 8.04. The fraction of sp³-hybridized carbons (Fsp3) is 0.520. The van der Waals surface area contributed by atoms with Gasteiger partial charge in [0.2, 0.25) is 5.91 Å². The molecule has 1 aliphatic heterocycles. The minimum absolute atomic E-state index is 0.133. The molecule has 3 aromatic rings. The Kier molecular flexibility index (Phi) is 5.91. The molecule has 168 valence electrons. The van der Waals surface area contributed by atoms with Gasteiger partial charge >= 0.3 is 0 Å². The van der Waals surface area contributed by atoms with Gasteiger partial charge in [-0.1, -0.05) is 6.07 Å². The normalized spacial score (nSPS) is 19.0. The zero-order chi connectivity index (χ0) is 22.1. The Morgan fingerprint density at radius 1 is 1.25 bits per heavy atom. The van der Waals surface area contributed by atoms with Crippen LogP contribution in [0, 0.1) is 19.8 Å². The van der Waals surface area contributed by atoms with E-state index in [-0.39, 0.29) is 5.91 Å². The summed E-state index contributed by atoms with van der Waals surface area (Å²) in [5.74, 6) is 0.838. The molecule has 0 unspecified atom stereocenters. The van der Waals surface area contributed by atoms with Gasteiger partial charge in [-0.3, -0.25) is 14.7 Å². The van der Waals surface area contributed by atoms with E-state index in [1.807, 2.05) is 29.9 Å². The molecule has 1 saturated carbocycles. The van der Waals surface area contributed by atoms with E-state index in [4.69, 9.17) is 10.1 Å². The van der Waals surface area contributed by atoms with Crippen molar-refractivity contribution < 1.29 is 4.79 Å². The van der Waals surface area contributed by atoms with Gasteiger partial charge in [0.05, 0.1) is 11.7 Å². The molecule has 1 atom stereocenters. The van der Waals surface area contributed by atoms with E-state index < -0.39 is 0 Å². The molecule has 0 aromatic carbocycles. The Balaban J connectivity index is 1.33. The van der Waals surface area contributed by atoms with Gasteiger partial charge in [-0.25, -0.2) is 9.50 Å². The summed E-state index contributed by atoms with van der Waals surface area (Å²) in [6.07, 6.45) is 9.74. The van der Waals surface area contributed by atoms with Gasteiger partial charge in [-0.15, -0.1) is 0 Å². The molecule has 1 amide bonds. The molecular formula is C25H32N6O. The molecule has 0 radical (unpaired) electrons. The highest BCUT2D eigenvalue weighted by molar-refractivity contribution is 5.76. The van der Waals surface area contributed by atoms with Crippen molar-refractivity contribution in [3.8, 4) is 0 Å². The van der Waals surface area contributed by atoms with Crippen molar-refractivity contribution in [1.82, 2.24) is 29.8 Å². The summed E-state index contributed by atoms with van der Waals surface area (Å²) in [7, 11) is 0. The van der Waals surface area contributed by atoms with Crippen LogP contribution < -0.4 is 5.32 Å². The monoisotopic (exact) mass is 432 g/mol. The van der Waals surface area contributed by atoms with Crippen LogP contribution in [0.1, 0.15) is 66.4 Å². The smallest absolute Gasteiger partial charge is 0.220 e. The zero-order valence-corrected chi connectivity index (χ0v) is 19.0. The number of carbonyl (C=O) groups is 1. The minimum atomic E-state index is 0.133. The van der Waals surface area contributed by atoms with Gasteiger partial charge in [0.25, 0.3) is 0 Å². The lowest BCUT2D eigenvalue weighted by molar-refractivity contribution is -0.121. The number of aromatic nitrogens is 4. The quantitative estimate of drug-likeness (QED) is 0.589. The van der Waals surface area contributed by atoms with E-state index in [2.05, 4.69) is 34.3 Å². The van der Waals surface area contributed by atoms with Crippen LogP contribution in [-0.2, 0) is 17.8 Å².